The monoisotopic (exact) mass is 272 g/mol. The maximum Gasteiger partial charge on any atom is 0.331 e. The van der Waals surface area contributed by atoms with Gasteiger partial charge >= 0.3 is 5.97 Å². The Hall–Kier alpha value is -1.60. The van der Waals surface area contributed by atoms with Crippen molar-refractivity contribution in [3.8, 4) is 0 Å². The Labute approximate surface area is 106 Å². The lowest BCUT2D eigenvalue weighted by molar-refractivity contribution is -0.138. The number of hydrogen-bond donors (Lipinski definition) is 2. The van der Waals surface area contributed by atoms with E-state index in [1.165, 1.54) is 17.5 Å². The Morgan fingerprint density at radius 2 is 2.47 bits per heavy atom. The normalized spacial score (nSPS) is 12.4. The molecule has 0 radical (unpaired) electrons. The number of rotatable bonds is 4. The lowest BCUT2D eigenvalue weighted by Crippen LogP contribution is -2.19. The first kappa shape index (κ1) is 11.9. The summed E-state index contributed by atoms with van der Waals surface area (Å²) in [4.78, 5) is 15.1. The van der Waals surface area contributed by atoms with E-state index in [-0.39, 0.29) is 0 Å². The number of aryl methyl sites for hydroxylation is 1. The van der Waals surface area contributed by atoms with Crippen LogP contribution in [0, 0.1) is 0 Å². The zero-order chi connectivity index (χ0) is 12.4. The molecule has 6 nitrogen and oxygen atoms in total. The number of nitrogens with zero attached hydrogens (tertiary/aromatic N) is 3. The van der Waals surface area contributed by atoms with Crippen molar-refractivity contribution in [3.05, 3.63) is 28.5 Å². The second-order valence-corrected chi connectivity index (χ2v) is 4.58. The number of nitrogens with one attached hydrogen (secondary N) is 1. The minimum Gasteiger partial charge on any atom is -0.479 e. The third-order valence-corrected chi connectivity index (χ3v) is 3.15. The predicted molar refractivity (Wildman–Crippen MR) is 64.3 cm³/mol. The summed E-state index contributed by atoms with van der Waals surface area (Å²) in [7, 11) is 1.72. The SMILES string of the molecule is Cn1cc(C(Nc2nc(Cl)cs2)C(=O)O)cn1. The highest BCUT2D eigenvalue weighted by molar-refractivity contribution is 7.14. The van der Waals surface area contributed by atoms with E-state index < -0.39 is 12.0 Å². The third kappa shape index (κ3) is 2.75. The Balaban J connectivity index is 2.21. The van der Waals surface area contributed by atoms with E-state index in [0.29, 0.717) is 15.8 Å². The van der Waals surface area contributed by atoms with Crippen molar-refractivity contribution < 1.29 is 9.90 Å². The number of carbonyl (C=O) groups is 1. The van der Waals surface area contributed by atoms with Crippen LogP contribution in [0.25, 0.3) is 0 Å². The van der Waals surface area contributed by atoms with Gasteiger partial charge in [-0.2, -0.15) is 5.10 Å². The van der Waals surface area contributed by atoms with Gasteiger partial charge in [0.2, 0.25) is 0 Å². The number of aromatic nitrogens is 3. The zero-order valence-electron chi connectivity index (χ0n) is 8.79. The molecule has 2 heterocycles. The van der Waals surface area contributed by atoms with E-state index in [1.807, 2.05) is 0 Å². The standard InChI is InChI=1S/C9H9ClN4O2S/c1-14-3-5(2-11-14)7(8(15)16)13-9-12-6(10)4-17-9/h2-4,7H,1H3,(H,12,13)(H,15,16). The van der Waals surface area contributed by atoms with Gasteiger partial charge in [-0.05, 0) is 0 Å². The second kappa shape index (κ2) is 4.72. The van der Waals surface area contributed by atoms with Crippen LogP contribution in [0.5, 0.6) is 0 Å². The number of anilines is 1. The van der Waals surface area contributed by atoms with Gasteiger partial charge in [-0.3, -0.25) is 4.68 Å². The molecule has 2 rings (SSSR count). The molecule has 0 saturated heterocycles. The summed E-state index contributed by atoms with van der Waals surface area (Å²) < 4.78 is 1.54. The van der Waals surface area contributed by atoms with Crippen LogP contribution in [0.15, 0.2) is 17.8 Å². The molecule has 0 bridgehead atoms. The molecular formula is C9H9ClN4O2S. The summed E-state index contributed by atoms with van der Waals surface area (Å²) in [5.41, 5.74) is 0.561. The number of thiazole rings is 1. The van der Waals surface area contributed by atoms with Gasteiger partial charge in [0, 0.05) is 24.2 Å². The van der Waals surface area contributed by atoms with Crippen molar-refractivity contribution in [2.75, 3.05) is 5.32 Å². The maximum absolute atomic E-state index is 11.2. The Bertz CT molecular complexity index is 539. The molecule has 90 valence electrons. The number of hydrogen-bond acceptors (Lipinski definition) is 5. The van der Waals surface area contributed by atoms with Crippen LogP contribution in [-0.2, 0) is 11.8 Å². The van der Waals surface area contributed by atoms with E-state index in [9.17, 15) is 4.79 Å². The maximum atomic E-state index is 11.2. The van der Waals surface area contributed by atoms with Crippen LogP contribution < -0.4 is 5.32 Å². The molecule has 1 atom stereocenters. The number of carboxylic acids is 1. The smallest absolute Gasteiger partial charge is 0.331 e. The Kier molecular flexibility index (Phi) is 3.30. The minimum absolute atomic E-state index is 0.341. The molecule has 0 aromatic carbocycles. The highest BCUT2D eigenvalue weighted by atomic mass is 35.5. The average Bonchev–Trinajstić information content (AvgIpc) is 2.83. The van der Waals surface area contributed by atoms with Gasteiger partial charge < -0.3 is 10.4 Å². The molecule has 0 saturated carbocycles. The molecule has 2 aromatic heterocycles. The molecule has 0 spiro atoms. The van der Waals surface area contributed by atoms with E-state index in [1.54, 1.807) is 23.3 Å². The molecule has 2 N–H and O–H groups in total. The molecule has 8 heteroatoms. The first-order valence-electron chi connectivity index (χ1n) is 4.65. The van der Waals surface area contributed by atoms with E-state index in [2.05, 4.69) is 15.4 Å². The fourth-order valence-electron chi connectivity index (χ4n) is 1.32. The molecule has 0 fully saturated rings. The van der Waals surface area contributed by atoms with Crippen LogP contribution in [-0.4, -0.2) is 25.8 Å². The summed E-state index contributed by atoms with van der Waals surface area (Å²) in [6.07, 6.45) is 3.14. The highest BCUT2D eigenvalue weighted by Crippen LogP contribution is 2.24. The third-order valence-electron chi connectivity index (χ3n) is 2.05. The number of aliphatic carboxylic acids is 1. The summed E-state index contributed by atoms with van der Waals surface area (Å²) in [6.45, 7) is 0. The molecule has 0 aliphatic carbocycles. The van der Waals surface area contributed by atoms with Crippen LogP contribution in [0.1, 0.15) is 11.6 Å². The van der Waals surface area contributed by atoms with Crippen LogP contribution in [0.2, 0.25) is 5.15 Å². The quantitative estimate of drug-likeness (QED) is 0.887. The van der Waals surface area contributed by atoms with E-state index in [4.69, 9.17) is 16.7 Å². The van der Waals surface area contributed by atoms with Gasteiger partial charge in [-0.25, -0.2) is 9.78 Å². The molecule has 0 amide bonds. The van der Waals surface area contributed by atoms with Gasteiger partial charge in [0.25, 0.3) is 0 Å². The van der Waals surface area contributed by atoms with Crippen molar-refractivity contribution in [1.29, 1.82) is 0 Å². The molecule has 2 aromatic rings. The van der Waals surface area contributed by atoms with Crippen LogP contribution in [0.4, 0.5) is 5.13 Å². The largest absolute Gasteiger partial charge is 0.479 e. The van der Waals surface area contributed by atoms with E-state index in [0.717, 1.165) is 0 Å². The van der Waals surface area contributed by atoms with Crippen molar-refractivity contribution in [2.24, 2.45) is 7.05 Å². The highest BCUT2D eigenvalue weighted by Gasteiger charge is 2.22. The second-order valence-electron chi connectivity index (χ2n) is 3.34. The predicted octanol–water partition coefficient (Wildman–Crippen LogP) is 1.77. The summed E-state index contributed by atoms with van der Waals surface area (Å²) in [5.74, 6) is -0.996. The molecular weight excluding hydrogens is 264 g/mol. The zero-order valence-corrected chi connectivity index (χ0v) is 10.4. The molecule has 1 unspecified atom stereocenters. The van der Waals surface area contributed by atoms with Crippen molar-refractivity contribution >= 4 is 34.0 Å². The van der Waals surface area contributed by atoms with Crippen molar-refractivity contribution in [3.63, 3.8) is 0 Å². The fraction of sp³-hybridized carbons (Fsp3) is 0.222. The van der Waals surface area contributed by atoms with Crippen LogP contribution >= 0.6 is 22.9 Å². The lowest BCUT2D eigenvalue weighted by Gasteiger charge is -2.11. The number of halogens is 1. The first-order valence-corrected chi connectivity index (χ1v) is 5.91. The van der Waals surface area contributed by atoms with Gasteiger partial charge in [0.15, 0.2) is 11.2 Å². The van der Waals surface area contributed by atoms with Crippen molar-refractivity contribution in [1.82, 2.24) is 14.8 Å². The van der Waals surface area contributed by atoms with Gasteiger partial charge in [0.05, 0.1) is 6.20 Å². The van der Waals surface area contributed by atoms with Crippen LogP contribution in [0.3, 0.4) is 0 Å². The number of carboxylic acid groups (broad SMARTS) is 1. The van der Waals surface area contributed by atoms with Gasteiger partial charge in [0.1, 0.15) is 5.15 Å². The molecule has 0 aliphatic heterocycles. The van der Waals surface area contributed by atoms with Gasteiger partial charge in [-0.15, -0.1) is 11.3 Å². The van der Waals surface area contributed by atoms with E-state index >= 15 is 0 Å². The minimum atomic E-state index is -0.996. The molecule has 17 heavy (non-hydrogen) atoms. The summed E-state index contributed by atoms with van der Waals surface area (Å²) in [6, 6.07) is -0.883. The Morgan fingerprint density at radius 1 is 1.71 bits per heavy atom. The Morgan fingerprint density at radius 3 is 2.94 bits per heavy atom. The van der Waals surface area contributed by atoms with Gasteiger partial charge in [-0.1, -0.05) is 11.6 Å². The van der Waals surface area contributed by atoms with Crippen molar-refractivity contribution in [2.45, 2.75) is 6.04 Å². The average molecular weight is 273 g/mol. The molecule has 0 aliphatic rings. The lowest BCUT2D eigenvalue weighted by atomic mass is 10.2. The fourth-order valence-corrected chi connectivity index (χ4v) is 2.19. The summed E-state index contributed by atoms with van der Waals surface area (Å²) >= 11 is 6.92. The topological polar surface area (TPSA) is 80.0 Å². The first-order chi connectivity index (χ1) is 8.06. The summed E-state index contributed by atoms with van der Waals surface area (Å²) in [5, 5.41) is 18.3.